The van der Waals surface area contributed by atoms with Crippen LogP contribution in [0.25, 0.3) is 5.65 Å². The maximum atomic E-state index is 5.15. The van der Waals surface area contributed by atoms with Crippen LogP contribution in [0.3, 0.4) is 0 Å². The van der Waals surface area contributed by atoms with Gasteiger partial charge in [-0.2, -0.15) is 0 Å². The molecule has 0 aliphatic heterocycles. The first-order valence-electron chi connectivity index (χ1n) is 5.98. The highest BCUT2D eigenvalue weighted by Crippen LogP contribution is 2.20. The summed E-state index contributed by atoms with van der Waals surface area (Å²) in [4.78, 5) is 11.0. The van der Waals surface area contributed by atoms with Crippen molar-refractivity contribution in [2.45, 2.75) is 0 Å². The van der Waals surface area contributed by atoms with E-state index in [2.05, 4.69) is 30.8 Å². The van der Waals surface area contributed by atoms with E-state index in [0.717, 1.165) is 29.2 Å². The lowest BCUT2D eigenvalue weighted by atomic mass is 10.4. The Morgan fingerprint density at radius 2 is 1.95 bits per heavy atom. The smallest absolute Gasteiger partial charge is 0.180 e. The predicted octanol–water partition coefficient (Wildman–Crippen LogP) is 1.59. The maximum Gasteiger partial charge on any atom is 0.180 e. The fourth-order valence-electron chi connectivity index (χ4n) is 1.82. The fraction of sp³-hybridized carbons (Fsp3) is 0.500. The molecule has 0 atom stereocenters. The molecule has 19 heavy (non-hydrogen) atoms. The predicted molar refractivity (Wildman–Crippen MR) is 76.7 cm³/mol. The third-order valence-corrected chi connectivity index (χ3v) is 3.14. The number of ether oxygens (including phenoxy) is 2. The number of fused-ring (bicyclic) bond motifs is 1. The van der Waals surface area contributed by atoms with Gasteiger partial charge in [0.25, 0.3) is 0 Å². The molecule has 0 fully saturated rings. The van der Waals surface area contributed by atoms with Gasteiger partial charge in [-0.25, -0.2) is 9.97 Å². The molecule has 0 saturated carbocycles. The summed E-state index contributed by atoms with van der Waals surface area (Å²) in [7, 11) is 3.38. The van der Waals surface area contributed by atoms with Crippen molar-refractivity contribution in [3.63, 3.8) is 0 Å². The molecule has 2 aromatic heterocycles. The third kappa shape index (κ3) is 3.43. The normalized spacial score (nSPS) is 11.1. The van der Waals surface area contributed by atoms with Gasteiger partial charge in [-0.1, -0.05) is 0 Å². The van der Waals surface area contributed by atoms with Crippen molar-refractivity contribution in [2.75, 3.05) is 45.4 Å². The molecule has 7 heteroatoms. The van der Waals surface area contributed by atoms with Crippen LogP contribution < -0.4 is 4.90 Å². The van der Waals surface area contributed by atoms with E-state index in [1.165, 1.54) is 0 Å². The molecule has 0 aromatic carbocycles. The summed E-state index contributed by atoms with van der Waals surface area (Å²) in [5.74, 6) is 0.827. The molecule has 0 saturated heterocycles. The molecular weight excluding hydrogens is 312 g/mol. The van der Waals surface area contributed by atoms with Crippen LogP contribution in [0.5, 0.6) is 0 Å². The van der Waals surface area contributed by atoms with Gasteiger partial charge in [-0.05, 0) is 15.9 Å². The summed E-state index contributed by atoms with van der Waals surface area (Å²) in [6.07, 6.45) is 5.55. The highest BCUT2D eigenvalue weighted by molar-refractivity contribution is 9.10. The topological polar surface area (TPSA) is 51.9 Å². The molecule has 6 nitrogen and oxygen atoms in total. The van der Waals surface area contributed by atoms with Gasteiger partial charge in [0.15, 0.2) is 11.5 Å². The summed E-state index contributed by atoms with van der Waals surface area (Å²) in [6.45, 7) is 2.74. The molecule has 2 rings (SSSR count). The van der Waals surface area contributed by atoms with Crippen LogP contribution in [0.4, 0.5) is 5.82 Å². The Labute approximate surface area is 120 Å². The van der Waals surface area contributed by atoms with Gasteiger partial charge < -0.3 is 18.8 Å². The monoisotopic (exact) mass is 328 g/mol. The number of aromatic nitrogens is 3. The SMILES string of the molecule is COCCN(CCOC)c1nc(Br)cn2ccnc12. The summed E-state index contributed by atoms with van der Waals surface area (Å²) in [5.41, 5.74) is 0.829. The molecular formula is C12H17BrN4O2. The van der Waals surface area contributed by atoms with Gasteiger partial charge >= 0.3 is 0 Å². The molecule has 0 aliphatic rings. The Morgan fingerprint density at radius 3 is 2.58 bits per heavy atom. The van der Waals surface area contributed by atoms with Crippen molar-refractivity contribution < 1.29 is 9.47 Å². The molecule has 0 bridgehead atoms. The van der Waals surface area contributed by atoms with Crippen LogP contribution in [0.1, 0.15) is 0 Å². The van der Waals surface area contributed by atoms with Crippen molar-refractivity contribution in [3.8, 4) is 0 Å². The average molecular weight is 329 g/mol. The van der Waals surface area contributed by atoms with E-state index in [1.54, 1.807) is 20.4 Å². The van der Waals surface area contributed by atoms with Crippen molar-refractivity contribution in [3.05, 3.63) is 23.2 Å². The summed E-state index contributed by atoms with van der Waals surface area (Å²) in [5, 5.41) is 0. The van der Waals surface area contributed by atoms with Gasteiger partial charge in [0, 0.05) is 45.9 Å². The van der Waals surface area contributed by atoms with Gasteiger partial charge in [0.2, 0.25) is 0 Å². The van der Waals surface area contributed by atoms with Gasteiger partial charge in [0.1, 0.15) is 4.60 Å². The second-order valence-corrected chi connectivity index (χ2v) is 4.83. The van der Waals surface area contributed by atoms with E-state index < -0.39 is 0 Å². The van der Waals surface area contributed by atoms with Gasteiger partial charge in [-0.3, -0.25) is 0 Å². The number of halogens is 1. The van der Waals surface area contributed by atoms with E-state index in [0.29, 0.717) is 13.2 Å². The quantitative estimate of drug-likeness (QED) is 0.772. The fourth-order valence-corrected chi connectivity index (χ4v) is 2.21. The molecule has 104 valence electrons. The largest absolute Gasteiger partial charge is 0.383 e. The lowest BCUT2D eigenvalue weighted by Crippen LogP contribution is -2.32. The van der Waals surface area contributed by atoms with Gasteiger partial charge in [0.05, 0.1) is 13.2 Å². The number of imidazole rings is 1. The molecule has 0 N–H and O–H groups in total. The summed E-state index contributed by atoms with van der Waals surface area (Å²) in [6, 6.07) is 0. The molecule has 0 amide bonds. The second-order valence-electron chi connectivity index (χ2n) is 4.02. The number of hydrogen-bond donors (Lipinski definition) is 0. The zero-order valence-corrected chi connectivity index (χ0v) is 12.6. The number of nitrogens with zero attached hydrogens (tertiary/aromatic N) is 4. The number of hydrogen-bond acceptors (Lipinski definition) is 5. The van der Waals surface area contributed by atoms with Crippen LogP contribution in [0, 0.1) is 0 Å². The third-order valence-electron chi connectivity index (χ3n) is 2.76. The summed E-state index contributed by atoms with van der Waals surface area (Å²) >= 11 is 3.42. The highest BCUT2D eigenvalue weighted by Gasteiger charge is 2.14. The molecule has 2 heterocycles. The van der Waals surface area contributed by atoms with E-state index in [4.69, 9.17) is 9.47 Å². The molecule has 0 radical (unpaired) electrons. The van der Waals surface area contributed by atoms with Crippen LogP contribution >= 0.6 is 15.9 Å². The van der Waals surface area contributed by atoms with E-state index in [1.807, 2.05) is 16.8 Å². The van der Waals surface area contributed by atoms with E-state index in [-0.39, 0.29) is 0 Å². The van der Waals surface area contributed by atoms with Crippen LogP contribution in [0.2, 0.25) is 0 Å². The van der Waals surface area contributed by atoms with Gasteiger partial charge in [-0.15, -0.1) is 0 Å². The molecule has 0 unspecified atom stereocenters. The van der Waals surface area contributed by atoms with Crippen LogP contribution in [-0.2, 0) is 9.47 Å². The Morgan fingerprint density at radius 1 is 1.26 bits per heavy atom. The summed E-state index contributed by atoms with van der Waals surface area (Å²) < 4.78 is 13.0. The van der Waals surface area contributed by atoms with Crippen LogP contribution in [-0.4, -0.2) is 54.9 Å². The second kappa shape index (κ2) is 6.83. The zero-order valence-electron chi connectivity index (χ0n) is 11.0. The highest BCUT2D eigenvalue weighted by atomic mass is 79.9. The number of anilines is 1. The minimum absolute atomic E-state index is 0.630. The van der Waals surface area contributed by atoms with Crippen molar-refractivity contribution >= 4 is 27.4 Å². The Balaban J connectivity index is 2.33. The van der Waals surface area contributed by atoms with E-state index in [9.17, 15) is 0 Å². The Kier molecular flexibility index (Phi) is 5.12. The first-order valence-corrected chi connectivity index (χ1v) is 6.77. The van der Waals surface area contributed by atoms with Crippen molar-refractivity contribution in [1.29, 1.82) is 0 Å². The lowest BCUT2D eigenvalue weighted by Gasteiger charge is -2.23. The Hall–Kier alpha value is -1.18. The Bertz CT molecular complexity index is 523. The van der Waals surface area contributed by atoms with Crippen molar-refractivity contribution in [1.82, 2.24) is 14.4 Å². The lowest BCUT2D eigenvalue weighted by molar-refractivity contribution is 0.190. The first kappa shape index (κ1) is 14.2. The number of rotatable bonds is 7. The molecule has 0 spiro atoms. The van der Waals surface area contributed by atoms with E-state index >= 15 is 0 Å². The van der Waals surface area contributed by atoms with Crippen molar-refractivity contribution in [2.24, 2.45) is 0 Å². The molecule has 0 aliphatic carbocycles. The molecule has 2 aromatic rings. The minimum Gasteiger partial charge on any atom is -0.383 e. The van der Waals surface area contributed by atoms with Crippen LogP contribution in [0.15, 0.2) is 23.2 Å². The first-order chi connectivity index (χ1) is 9.26. The zero-order chi connectivity index (χ0) is 13.7. The minimum atomic E-state index is 0.630. The maximum absolute atomic E-state index is 5.15. The average Bonchev–Trinajstić information content (AvgIpc) is 2.86. The number of methoxy groups -OCH3 is 2. The standard InChI is InChI=1S/C12H17BrN4O2/c1-18-7-5-16(6-8-19-2)12-11-14-3-4-17(11)9-10(13)15-12/h3-4,9H,5-8H2,1-2H3.